The van der Waals surface area contributed by atoms with Crippen molar-refractivity contribution < 1.29 is 43.4 Å². The molecule has 1 N–H and O–H groups in total. The van der Waals surface area contributed by atoms with Crippen LogP contribution in [-0.4, -0.2) is 65.5 Å². The third-order valence-corrected chi connectivity index (χ3v) is 3.44. The molecule has 0 aliphatic heterocycles. The second-order valence-electron chi connectivity index (χ2n) is 4.83. The fraction of sp³-hybridized carbons (Fsp3) is 0.562. The zero-order valence-corrected chi connectivity index (χ0v) is 15.5. The molecule has 0 radical (unpaired) electrons. The maximum Gasteiger partial charge on any atom is 0.346 e. The first kappa shape index (κ1) is 22.4. The van der Waals surface area contributed by atoms with Crippen LogP contribution >= 0.6 is 11.6 Å². The van der Waals surface area contributed by atoms with Crippen LogP contribution in [0.5, 0.6) is 11.5 Å². The Balaban J connectivity index is 2.78. The smallest absolute Gasteiger partial charge is 0.346 e. The van der Waals surface area contributed by atoms with Crippen molar-refractivity contribution in [1.82, 2.24) is 0 Å². The summed E-state index contributed by atoms with van der Waals surface area (Å²) in [6.45, 7) is 1.40. The molecule has 1 rings (SSSR count). The van der Waals surface area contributed by atoms with Gasteiger partial charge in [0.05, 0.1) is 37.9 Å². The second kappa shape index (κ2) is 13.6. The first-order valence-corrected chi connectivity index (χ1v) is 8.06. The largest absolute Gasteiger partial charge is 0.464 e. The van der Waals surface area contributed by atoms with E-state index in [1.54, 1.807) is 26.4 Å². The van der Waals surface area contributed by atoms with Crippen molar-refractivity contribution in [3.05, 3.63) is 22.7 Å². The van der Waals surface area contributed by atoms with Gasteiger partial charge in [-0.3, -0.25) is 0 Å². The van der Waals surface area contributed by atoms with Gasteiger partial charge in [-0.05, 0) is 11.6 Å². The summed E-state index contributed by atoms with van der Waals surface area (Å²) in [5.74, 6) is -0.364. The standard InChI is InChI=1S/C16H23ClO9/c1-20-5-7-22-10-24-13-4-3-12(9-14(18)26-19)15(17)16(13)25-11-23-8-6-21-2/h3-4,19H,5-11H2,1-2H3. The van der Waals surface area contributed by atoms with Gasteiger partial charge in [0, 0.05) is 14.2 Å². The minimum Gasteiger partial charge on any atom is -0.464 e. The van der Waals surface area contributed by atoms with Crippen LogP contribution in [0.15, 0.2) is 12.1 Å². The summed E-state index contributed by atoms with van der Waals surface area (Å²) in [5.41, 5.74) is 0.394. The molecule has 0 saturated carbocycles. The molecule has 10 heteroatoms. The molecule has 0 unspecified atom stereocenters. The Hall–Kier alpha value is -1.62. The van der Waals surface area contributed by atoms with Gasteiger partial charge in [0.1, 0.15) is 0 Å². The van der Waals surface area contributed by atoms with E-state index in [-0.39, 0.29) is 30.8 Å². The number of carbonyl (C=O) groups excluding carboxylic acids is 1. The third kappa shape index (κ3) is 8.17. The van der Waals surface area contributed by atoms with Crippen molar-refractivity contribution >= 4 is 17.6 Å². The lowest BCUT2D eigenvalue weighted by Gasteiger charge is -2.16. The molecule has 0 bridgehead atoms. The van der Waals surface area contributed by atoms with E-state index in [1.165, 1.54) is 0 Å². The van der Waals surface area contributed by atoms with E-state index in [0.717, 1.165) is 0 Å². The number of hydrogen-bond acceptors (Lipinski definition) is 9. The highest BCUT2D eigenvalue weighted by Gasteiger charge is 2.17. The molecular formula is C16H23ClO9. The maximum atomic E-state index is 11.3. The molecule has 26 heavy (non-hydrogen) atoms. The van der Waals surface area contributed by atoms with Crippen LogP contribution in [0.25, 0.3) is 0 Å². The summed E-state index contributed by atoms with van der Waals surface area (Å²) in [4.78, 5) is 14.9. The minimum absolute atomic E-state index is 0.0430. The van der Waals surface area contributed by atoms with Gasteiger partial charge in [-0.15, -0.1) is 0 Å². The number of ether oxygens (including phenoxy) is 6. The van der Waals surface area contributed by atoms with Crippen molar-refractivity contribution in [2.75, 3.05) is 54.2 Å². The predicted octanol–water partition coefficient (Wildman–Crippen LogP) is 1.90. The molecule has 0 saturated heterocycles. The average Bonchev–Trinajstić information content (AvgIpc) is 2.65. The summed E-state index contributed by atoms with van der Waals surface area (Å²) in [7, 11) is 3.12. The SMILES string of the molecule is COCCOCOc1ccc(CC(=O)OO)c(Cl)c1OCOCCOC. The summed E-state index contributed by atoms with van der Waals surface area (Å²) < 4.78 is 31.2. The summed E-state index contributed by atoms with van der Waals surface area (Å²) in [6.07, 6.45) is -0.235. The van der Waals surface area contributed by atoms with E-state index in [1.807, 2.05) is 0 Å². The Morgan fingerprint density at radius 1 is 1.00 bits per heavy atom. The number of benzene rings is 1. The lowest BCUT2D eigenvalue weighted by molar-refractivity contribution is -0.233. The van der Waals surface area contributed by atoms with Gasteiger partial charge in [0.15, 0.2) is 25.1 Å². The van der Waals surface area contributed by atoms with E-state index in [4.69, 9.17) is 45.3 Å². The molecule has 148 valence electrons. The highest BCUT2D eigenvalue weighted by molar-refractivity contribution is 6.33. The topological polar surface area (TPSA) is 102 Å². The second-order valence-corrected chi connectivity index (χ2v) is 5.21. The van der Waals surface area contributed by atoms with Crippen LogP contribution in [0, 0.1) is 0 Å². The van der Waals surface area contributed by atoms with Crippen LogP contribution in [0.4, 0.5) is 0 Å². The number of methoxy groups -OCH3 is 2. The normalized spacial score (nSPS) is 10.6. The minimum atomic E-state index is -0.856. The first-order chi connectivity index (χ1) is 12.6. The maximum absolute atomic E-state index is 11.3. The summed E-state index contributed by atoms with van der Waals surface area (Å²) in [5, 5.41) is 8.55. The van der Waals surface area contributed by atoms with Crippen molar-refractivity contribution in [2.45, 2.75) is 6.42 Å². The van der Waals surface area contributed by atoms with E-state index in [0.29, 0.717) is 37.7 Å². The van der Waals surface area contributed by atoms with Crippen LogP contribution < -0.4 is 9.47 Å². The van der Waals surface area contributed by atoms with E-state index in [9.17, 15) is 4.79 Å². The number of rotatable bonds is 14. The van der Waals surface area contributed by atoms with Gasteiger partial charge >= 0.3 is 5.97 Å². The van der Waals surface area contributed by atoms with Crippen LogP contribution in [0.3, 0.4) is 0 Å². The van der Waals surface area contributed by atoms with Gasteiger partial charge in [-0.1, -0.05) is 17.7 Å². The molecule has 9 nitrogen and oxygen atoms in total. The number of carbonyl (C=O) groups is 1. The fourth-order valence-corrected chi connectivity index (χ4v) is 2.04. The van der Waals surface area contributed by atoms with Gasteiger partial charge in [0.25, 0.3) is 0 Å². The van der Waals surface area contributed by atoms with Crippen molar-refractivity contribution in [3.8, 4) is 11.5 Å². The molecule has 0 atom stereocenters. The Morgan fingerprint density at radius 3 is 2.19 bits per heavy atom. The van der Waals surface area contributed by atoms with Crippen molar-refractivity contribution in [2.24, 2.45) is 0 Å². The van der Waals surface area contributed by atoms with E-state index in [2.05, 4.69) is 4.89 Å². The molecular weight excluding hydrogens is 372 g/mol. The Kier molecular flexibility index (Phi) is 11.7. The van der Waals surface area contributed by atoms with Crippen LogP contribution in [0.1, 0.15) is 5.56 Å². The molecule has 0 aromatic heterocycles. The van der Waals surface area contributed by atoms with Gasteiger partial charge < -0.3 is 33.3 Å². The molecule has 0 heterocycles. The average molecular weight is 395 g/mol. The summed E-state index contributed by atoms with van der Waals surface area (Å²) >= 11 is 6.28. The summed E-state index contributed by atoms with van der Waals surface area (Å²) in [6, 6.07) is 3.12. The number of halogens is 1. The van der Waals surface area contributed by atoms with Gasteiger partial charge in [0.2, 0.25) is 0 Å². The quantitative estimate of drug-likeness (QED) is 0.219. The van der Waals surface area contributed by atoms with Crippen molar-refractivity contribution in [3.63, 3.8) is 0 Å². The monoisotopic (exact) mass is 394 g/mol. The highest BCUT2D eigenvalue weighted by atomic mass is 35.5. The zero-order valence-electron chi connectivity index (χ0n) is 14.7. The van der Waals surface area contributed by atoms with Crippen molar-refractivity contribution in [1.29, 1.82) is 0 Å². The first-order valence-electron chi connectivity index (χ1n) is 7.68. The number of hydrogen-bond donors (Lipinski definition) is 1. The molecule has 0 amide bonds. The molecule has 0 aliphatic carbocycles. The zero-order chi connectivity index (χ0) is 19.2. The third-order valence-electron chi connectivity index (χ3n) is 3.03. The fourth-order valence-electron chi connectivity index (χ4n) is 1.76. The molecule has 1 aromatic carbocycles. The lowest BCUT2D eigenvalue weighted by Crippen LogP contribution is -2.12. The van der Waals surface area contributed by atoms with Crippen LogP contribution in [-0.2, 0) is 35.1 Å². The van der Waals surface area contributed by atoms with E-state index < -0.39 is 5.97 Å². The Labute approximate surface area is 156 Å². The lowest BCUT2D eigenvalue weighted by atomic mass is 10.1. The van der Waals surface area contributed by atoms with E-state index >= 15 is 0 Å². The molecule has 0 aliphatic rings. The van der Waals surface area contributed by atoms with Gasteiger partial charge in [-0.25, -0.2) is 4.79 Å². The van der Waals surface area contributed by atoms with Crippen LogP contribution in [0.2, 0.25) is 5.02 Å². The highest BCUT2D eigenvalue weighted by Crippen LogP contribution is 2.38. The Bertz CT molecular complexity index is 539. The molecule has 0 fully saturated rings. The molecule has 1 aromatic rings. The predicted molar refractivity (Wildman–Crippen MR) is 90.5 cm³/mol. The molecule has 0 spiro atoms. The Morgan fingerprint density at radius 2 is 1.62 bits per heavy atom. The van der Waals surface area contributed by atoms with Gasteiger partial charge in [-0.2, -0.15) is 5.26 Å².